The smallest absolute Gasteiger partial charge is 0.223 e. The molecule has 5 heteroatoms. The number of amides is 1. The molecule has 1 saturated heterocycles. The van der Waals surface area contributed by atoms with Crippen LogP contribution in [0.15, 0.2) is 12.5 Å². The SMILES string of the molecule is O=C(CCNCc1cnc[nH]1)N1CCCCC1. The molecule has 1 fully saturated rings. The third-order valence-corrected chi connectivity index (χ3v) is 3.09. The first kappa shape index (κ1) is 12.1. The van der Waals surface area contributed by atoms with E-state index in [-0.39, 0.29) is 5.91 Å². The van der Waals surface area contributed by atoms with Crippen LogP contribution in [-0.2, 0) is 11.3 Å². The van der Waals surface area contributed by atoms with Gasteiger partial charge < -0.3 is 15.2 Å². The van der Waals surface area contributed by atoms with Crippen molar-refractivity contribution < 1.29 is 4.79 Å². The molecular formula is C12H20N4O. The van der Waals surface area contributed by atoms with Crippen molar-refractivity contribution in [3.63, 3.8) is 0 Å². The standard InChI is InChI=1S/C12H20N4O/c17-12(16-6-2-1-3-7-16)4-5-13-8-11-9-14-10-15-11/h9-10,13H,1-8H2,(H,14,15). The van der Waals surface area contributed by atoms with Gasteiger partial charge >= 0.3 is 0 Å². The topological polar surface area (TPSA) is 61.0 Å². The molecule has 2 heterocycles. The summed E-state index contributed by atoms with van der Waals surface area (Å²) in [5.41, 5.74) is 1.05. The molecule has 2 N–H and O–H groups in total. The normalized spacial score (nSPS) is 16.1. The molecule has 1 aliphatic rings. The second kappa shape index (κ2) is 6.39. The van der Waals surface area contributed by atoms with E-state index in [1.54, 1.807) is 12.5 Å². The number of likely N-dealkylation sites (tertiary alicyclic amines) is 1. The van der Waals surface area contributed by atoms with Gasteiger partial charge in [0, 0.05) is 44.5 Å². The van der Waals surface area contributed by atoms with Crippen LogP contribution in [-0.4, -0.2) is 40.4 Å². The maximum atomic E-state index is 11.8. The van der Waals surface area contributed by atoms with Crippen molar-refractivity contribution in [2.24, 2.45) is 0 Å². The molecule has 0 aromatic carbocycles. The molecule has 0 bridgehead atoms. The molecule has 2 rings (SSSR count). The molecule has 0 saturated carbocycles. The number of carbonyl (C=O) groups is 1. The lowest BCUT2D eigenvalue weighted by Crippen LogP contribution is -2.37. The summed E-state index contributed by atoms with van der Waals surface area (Å²) in [5.74, 6) is 0.279. The number of aromatic amines is 1. The summed E-state index contributed by atoms with van der Waals surface area (Å²) in [7, 11) is 0. The third-order valence-electron chi connectivity index (χ3n) is 3.09. The molecule has 1 aromatic rings. The number of imidazole rings is 1. The third kappa shape index (κ3) is 3.85. The highest BCUT2D eigenvalue weighted by molar-refractivity contribution is 5.76. The van der Waals surface area contributed by atoms with Crippen molar-refractivity contribution in [3.8, 4) is 0 Å². The lowest BCUT2D eigenvalue weighted by Gasteiger charge is -2.26. The van der Waals surface area contributed by atoms with E-state index < -0.39 is 0 Å². The van der Waals surface area contributed by atoms with E-state index >= 15 is 0 Å². The number of hydrogen-bond acceptors (Lipinski definition) is 3. The lowest BCUT2D eigenvalue weighted by molar-refractivity contribution is -0.131. The Hall–Kier alpha value is -1.36. The van der Waals surface area contributed by atoms with Crippen LogP contribution in [0, 0.1) is 0 Å². The maximum absolute atomic E-state index is 11.8. The summed E-state index contributed by atoms with van der Waals surface area (Å²) >= 11 is 0. The second-order valence-electron chi connectivity index (χ2n) is 4.45. The molecule has 0 spiro atoms. The predicted molar refractivity (Wildman–Crippen MR) is 65.3 cm³/mol. The monoisotopic (exact) mass is 236 g/mol. The molecule has 0 aliphatic carbocycles. The van der Waals surface area contributed by atoms with Gasteiger partial charge in [-0.05, 0) is 19.3 Å². The van der Waals surface area contributed by atoms with Crippen LogP contribution in [0.1, 0.15) is 31.4 Å². The molecule has 17 heavy (non-hydrogen) atoms. The Morgan fingerprint density at radius 3 is 2.94 bits per heavy atom. The van der Waals surface area contributed by atoms with E-state index in [0.717, 1.165) is 44.7 Å². The van der Waals surface area contributed by atoms with Crippen LogP contribution in [0.2, 0.25) is 0 Å². The van der Waals surface area contributed by atoms with Crippen molar-refractivity contribution in [2.75, 3.05) is 19.6 Å². The molecule has 5 nitrogen and oxygen atoms in total. The van der Waals surface area contributed by atoms with E-state index in [4.69, 9.17) is 0 Å². The summed E-state index contributed by atoms with van der Waals surface area (Å²) in [6.45, 7) is 3.36. The maximum Gasteiger partial charge on any atom is 0.223 e. The molecule has 1 aromatic heterocycles. The van der Waals surface area contributed by atoms with E-state index in [1.165, 1.54) is 6.42 Å². The van der Waals surface area contributed by atoms with Gasteiger partial charge in [0.05, 0.1) is 6.33 Å². The average Bonchev–Trinajstić information content (AvgIpc) is 2.88. The Morgan fingerprint density at radius 1 is 1.41 bits per heavy atom. The minimum absolute atomic E-state index is 0.279. The molecule has 0 atom stereocenters. The fourth-order valence-corrected chi connectivity index (χ4v) is 2.10. The van der Waals surface area contributed by atoms with E-state index in [1.807, 2.05) is 4.90 Å². The lowest BCUT2D eigenvalue weighted by atomic mass is 10.1. The van der Waals surface area contributed by atoms with Crippen LogP contribution < -0.4 is 5.32 Å². The van der Waals surface area contributed by atoms with Gasteiger partial charge in [-0.15, -0.1) is 0 Å². The van der Waals surface area contributed by atoms with Crippen molar-refractivity contribution in [2.45, 2.75) is 32.2 Å². The van der Waals surface area contributed by atoms with Gasteiger partial charge in [-0.3, -0.25) is 4.79 Å². The first-order valence-corrected chi connectivity index (χ1v) is 6.32. The predicted octanol–water partition coefficient (Wildman–Crippen LogP) is 0.902. The number of piperidine rings is 1. The van der Waals surface area contributed by atoms with Crippen LogP contribution in [0.3, 0.4) is 0 Å². The molecular weight excluding hydrogens is 216 g/mol. The quantitative estimate of drug-likeness (QED) is 0.747. The molecule has 1 amide bonds. The zero-order chi connectivity index (χ0) is 11.9. The minimum Gasteiger partial charge on any atom is -0.347 e. The van der Waals surface area contributed by atoms with Crippen molar-refractivity contribution in [1.82, 2.24) is 20.2 Å². The highest BCUT2D eigenvalue weighted by Crippen LogP contribution is 2.09. The summed E-state index contributed by atoms with van der Waals surface area (Å²) in [5, 5.41) is 3.24. The zero-order valence-corrected chi connectivity index (χ0v) is 10.1. The highest BCUT2D eigenvalue weighted by atomic mass is 16.2. The van der Waals surface area contributed by atoms with Gasteiger partial charge in [0.25, 0.3) is 0 Å². The fourth-order valence-electron chi connectivity index (χ4n) is 2.10. The Morgan fingerprint density at radius 2 is 2.24 bits per heavy atom. The number of nitrogens with zero attached hydrogens (tertiary/aromatic N) is 2. The fraction of sp³-hybridized carbons (Fsp3) is 0.667. The summed E-state index contributed by atoms with van der Waals surface area (Å²) < 4.78 is 0. The molecule has 0 unspecified atom stereocenters. The second-order valence-corrected chi connectivity index (χ2v) is 4.45. The highest BCUT2D eigenvalue weighted by Gasteiger charge is 2.15. The number of carbonyl (C=O) groups excluding carboxylic acids is 1. The van der Waals surface area contributed by atoms with Crippen molar-refractivity contribution >= 4 is 5.91 Å². The molecule has 94 valence electrons. The number of rotatable bonds is 5. The Bertz CT molecular complexity index is 330. The van der Waals surface area contributed by atoms with Gasteiger partial charge in [-0.25, -0.2) is 4.98 Å². The zero-order valence-electron chi connectivity index (χ0n) is 10.1. The van der Waals surface area contributed by atoms with E-state index in [0.29, 0.717) is 6.42 Å². The van der Waals surface area contributed by atoms with Gasteiger partial charge in [0.15, 0.2) is 0 Å². The molecule has 0 radical (unpaired) electrons. The van der Waals surface area contributed by atoms with Gasteiger partial charge in [0.1, 0.15) is 0 Å². The number of H-pyrrole nitrogens is 1. The Balaban J connectivity index is 1.59. The summed E-state index contributed by atoms with van der Waals surface area (Å²) in [6.07, 6.45) is 7.63. The van der Waals surface area contributed by atoms with Crippen molar-refractivity contribution in [3.05, 3.63) is 18.2 Å². The largest absolute Gasteiger partial charge is 0.347 e. The summed E-state index contributed by atoms with van der Waals surface area (Å²) in [4.78, 5) is 20.8. The number of aromatic nitrogens is 2. The summed E-state index contributed by atoms with van der Waals surface area (Å²) in [6, 6.07) is 0. The van der Waals surface area contributed by atoms with E-state index in [2.05, 4.69) is 15.3 Å². The van der Waals surface area contributed by atoms with Crippen LogP contribution >= 0.6 is 0 Å². The van der Waals surface area contributed by atoms with Crippen LogP contribution in [0.4, 0.5) is 0 Å². The number of nitrogens with one attached hydrogen (secondary N) is 2. The first-order chi connectivity index (χ1) is 8.36. The van der Waals surface area contributed by atoms with Crippen molar-refractivity contribution in [1.29, 1.82) is 0 Å². The van der Waals surface area contributed by atoms with Crippen LogP contribution in [0.25, 0.3) is 0 Å². The van der Waals surface area contributed by atoms with Gasteiger partial charge in [-0.1, -0.05) is 0 Å². The molecule has 1 aliphatic heterocycles. The first-order valence-electron chi connectivity index (χ1n) is 6.32. The Kier molecular flexibility index (Phi) is 4.55. The average molecular weight is 236 g/mol. The number of hydrogen-bond donors (Lipinski definition) is 2. The van der Waals surface area contributed by atoms with E-state index in [9.17, 15) is 4.79 Å². The van der Waals surface area contributed by atoms with Gasteiger partial charge in [0.2, 0.25) is 5.91 Å². The Labute approximate surface area is 102 Å². The van der Waals surface area contributed by atoms with Crippen LogP contribution in [0.5, 0.6) is 0 Å². The van der Waals surface area contributed by atoms with Gasteiger partial charge in [-0.2, -0.15) is 0 Å². The minimum atomic E-state index is 0.279.